The first kappa shape index (κ1) is 18.7. The monoisotopic (exact) mass is 330 g/mol. The van der Waals surface area contributed by atoms with Crippen molar-refractivity contribution in [1.82, 2.24) is 0 Å². The Morgan fingerprint density at radius 3 is 2.58 bits per heavy atom. The molecule has 0 aliphatic rings. The van der Waals surface area contributed by atoms with Gasteiger partial charge in [-0.3, -0.25) is 0 Å². The Balaban J connectivity index is 0.00000162. The molecule has 98 valence electrons. The van der Waals surface area contributed by atoms with E-state index >= 15 is 0 Å². The van der Waals surface area contributed by atoms with Gasteiger partial charge >= 0.3 is 23.1 Å². The second-order valence-electron chi connectivity index (χ2n) is 4.32. The number of unbranched alkanes of at least 4 members (excludes halogenated alkanes) is 3. The van der Waals surface area contributed by atoms with Gasteiger partial charge in [0.25, 0.3) is 0 Å². The summed E-state index contributed by atoms with van der Waals surface area (Å²) in [5.41, 5.74) is 0. The molecule has 0 unspecified atom stereocenters. The van der Waals surface area contributed by atoms with Crippen molar-refractivity contribution in [1.29, 1.82) is 0 Å². The summed E-state index contributed by atoms with van der Waals surface area (Å²) in [7, 11) is 0. The number of benzene rings is 2. The van der Waals surface area contributed by atoms with E-state index in [0.717, 1.165) is 24.2 Å². The summed E-state index contributed by atoms with van der Waals surface area (Å²) in [4.78, 5) is 0. The molecule has 0 saturated carbocycles. The molecule has 19 heavy (non-hydrogen) atoms. The minimum Gasteiger partial charge on any atom is -1.00 e. The number of fused-ring (bicyclic) bond motifs is 1. The van der Waals surface area contributed by atoms with Crippen LogP contribution in [-0.4, -0.2) is 29.7 Å². The Labute approximate surface area is 142 Å². The van der Waals surface area contributed by atoms with Gasteiger partial charge in [-0.2, -0.15) is 0 Å². The van der Waals surface area contributed by atoms with Crippen molar-refractivity contribution in [2.24, 2.45) is 0 Å². The van der Waals surface area contributed by atoms with E-state index in [1.165, 1.54) is 24.6 Å². The molecule has 0 aromatic heterocycles. The molecular formula is C16H19BrMgO. The Bertz CT molecular complexity index is 473. The van der Waals surface area contributed by atoms with Crippen molar-refractivity contribution in [2.45, 2.75) is 32.6 Å². The molecule has 0 bridgehead atoms. The van der Waals surface area contributed by atoms with Crippen molar-refractivity contribution < 1.29 is 21.7 Å². The molecule has 0 spiro atoms. The predicted molar refractivity (Wildman–Crippen MR) is 78.2 cm³/mol. The first-order valence-corrected chi connectivity index (χ1v) is 6.44. The molecule has 0 fully saturated rings. The van der Waals surface area contributed by atoms with Gasteiger partial charge in [-0.15, -0.1) is 35.0 Å². The maximum absolute atomic E-state index is 5.71. The zero-order valence-electron chi connectivity index (χ0n) is 11.5. The van der Waals surface area contributed by atoms with Crippen molar-refractivity contribution >= 4 is 33.8 Å². The van der Waals surface area contributed by atoms with E-state index in [-0.39, 0.29) is 40.0 Å². The van der Waals surface area contributed by atoms with Crippen LogP contribution in [0, 0.1) is 6.07 Å². The fourth-order valence-electron chi connectivity index (χ4n) is 1.89. The average Bonchev–Trinajstić information content (AvgIpc) is 2.38. The molecule has 2 aromatic carbocycles. The summed E-state index contributed by atoms with van der Waals surface area (Å²) in [6.45, 7) is 3.02. The number of ether oxygens (including phenoxy) is 1. The molecule has 1 nitrogen and oxygen atoms in total. The Morgan fingerprint density at radius 2 is 1.79 bits per heavy atom. The Morgan fingerprint density at radius 1 is 1.00 bits per heavy atom. The summed E-state index contributed by atoms with van der Waals surface area (Å²) >= 11 is 0. The molecule has 0 radical (unpaired) electrons. The van der Waals surface area contributed by atoms with E-state index in [0.29, 0.717) is 0 Å². The number of halogens is 1. The third kappa shape index (κ3) is 6.15. The first-order valence-electron chi connectivity index (χ1n) is 6.44. The third-order valence-electron chi connectivity index (χ3n) is 2.89. The summed E-state index contributed by atoms with van der Waals surface area (Å²) < 4.78 is 5.71. The second kappa shape index (κ2) is 10.5. The second-order valence-corrected chi connectivity index (χ2v) is 4.32. The van der Waals surface area contributed by atoms with Crippen LogP contribution < -0.4 is 21.7 Å². The molecule has 2 rings (SSSR count). The normalized spacial score (nSPS) is 9.53. The van der Waals surface area contributed by atoms with Gasteiger partial charge in [-0.1, -0.05) is 44.4 Å². The minimum absolute atomic E-state index is 0. The standard InChI is InChI=1S/C16H19O.BrH.Mg/c1-2-3-4-7-12-17-16-11-10-14-8-5-6-9-15(14)13-16;;/h5-6,8-11H,2-4,7,12H2,1H3;1H;/q-1;;+2/p-1. The fraction of sp³-hybridized carbons (Fsp3) is 0.375. The van der Waals surface area contributed by atoms with Crippen LogP contribution in [0.15, 0.2) is 36.4 Å². The predicted octanol–water partition coefficient (Wildman–Crippen LogP) is 1.22. The van der Waals surface area contributed by atoms with E-state index in [4.69, 9.17) is 4.74 Å². The largest absolute Gasteiger partial charge is 2.00 e. The van der Waals surface area contributed by atoms with Crippen LogP contribution in [0.4, 0.5) is 0 Å². The van der Waals surface area contributed by atoms with E-state index in [2.05, 4.69) is 31.2 Å². The van der Waals surface area contributed by atoms with Crippen LogP contribution in [0.2, 0.25) is 0 Å². The van der Waals surface area contributed by atoms with Crippen molar-refractivity contribution in [2.75, 3.05) is 6.61 Å². The molecular weight excluding hydrogens is 312 g/mol. The molecule has 0 N–H and O–H groups in total. The van der Waals surface area contributed by atoms with Gasteiger partial charge in [0.2, 0.25) is 0 Å². The van der Waals surface area contributed by atoms with Gasteiger partial charge in [0.1, 0.15) is 0 Å². The number of rotatable bonds is 6. The van der Waals surface area contributed by atoms with Crippen molar-refractivity contribution in [3.05, 3.63) is 42.5 Å². The molecule has 0 atom stereocenters. The summed E-state index contributed by atoms with van der Waals surface area (Å²) in [5, 5.41) is 2.34. The van der Waals surface area contributed by atoms with Crippen LogP contribution in [0.3, 0.4) is 0 Å². The molecule has 0 aliphatic carbocycles. The fourth-order valence-corrected chi connectivity index (χ4v) is 1.89. The number of hydrogen-bond donors (Lipinski definition) is 0. The zero-order valence-corrected chi connectivity index (χ0v) is 14.5. The minimum atomic E-state index is 0. The van der Waals surface area contributed by atoms with Crippen LogP contribution in [0.1, 0.15) is 32.6 Å². The molecule has 0 heterocycles. The van der Waals surface area contributed by atoms with E-state index in [1.54, 1.807) is 0 Å². The Kier molecular flexibility index (Phi) is 10.4. The van der Waals surface area contributed by atoms with Crippen LogP contribution in [0.5, 0.6) is 5.75 Å². The van der Waals surface area contributed by atoms with Crippen LogP contribution in [0.25, 0.3) is 10.8 Å². The quantitative estimate of drug-likeness (QED) is 0.439. The van der Waals surface area contributed by atoms with E-state index in [9.17, 15) is 0 Å². The van der Waals surface area contributed by atoms with Crippen LogP contribution >= 0.6 is 0 Å². The molecule has 0 aliphatic heterocycles. The Hall–Kier alpha value is -0.254. The van der Waals surface area contributed by atoms with Crippen molar-refractivity contribution in [3.63, 3.8) is 0 Å². The first-order chi connectivity index (χ1) is 8.40. The van der Waals surface area contributed by atoms with Gasteiger partial charge in [0.15, 0.2) is 0 Å². The maximum atomic E-state index is 5.71. The topological polar surface area (TPSA) is 9.23 Å². The van der Waals surface area contributed by atoms with E-state index in [1.807, 2.05) is 18.2 Å². The third-order valence-corrected chi connectivity index (χ3v) is 2.89. The van der Waals surface area contributed by atoms with Crippen LogP contribution in [-0.2, 0) is 0 Å². The van der Waals surface area contributed by atoms with Gasteiger partial charge in [-0.25, -0.2) is 0 Å². The zero-order chi connectivity index (χ0) is 11.9. The van der Waals surface area contributed by atoms with Gasteiger partial charge < -0.3 is 21.7 Å². The van der Waals surface area contributed by atoms with Gasteiger partial charge in [0.05, 0.1) is 6.61 Å². The van der Waals surface area contributed by atoms with Gasteiger partial charge in [-0.05, 0) is 6.42 Å². The van der Waals surface area contributed by atoms with Crippen molar-refractivity contribution in [3.8, 4) is 5.75 Å². The average molecular weight is 332 g/mol. The summed E-state index contributed by atoms with van der Waals surface area (Å²) in [6.07, 6.45) is 4.95. The summed E-state index contributed by atoms with van der Waals surface area (Å²) in [5.74, 6) is 0.861. The smallest absolute Gasteiger partial charge is 1.00 e. The molecule has 0 amide bonds. The number of hydrogen-bond acceptors (Lipinski definition) is 1. The SMILES string of the molecule is CCCCCCOc1[c-]c2ccccc2cc1.[Br-].[Mg+2]. The summed E-state index contributed by atoms with van der Waals surface area (Å²) in [6, 6.07) is 15.6. The molecule has 2 aromatic rings. The van der Waals surface area contributed by atoms with Gasteiger partial charge in [0, 0.05) is 5.75 Å². The van der Waals surface area contributed by atoms with E-state index < -0.39 is 0 Å². The maximum Gasteiger partial charge on any atom is 2.00 e. The molecule has 3 heteroatoms. The molecule has 0 saturated heterocycles.